The first-order valence-electron chi connectivity index (χ1n) is 5.21. The van der Waals surface area contributed by atoms with Crippen molar-refractivity contribution in [3.63, 3.8) is 0 Å². The predicted molar refractivity (Wildman–Crippen MR) is 49.7 cm³/mol. The van der Waals surface area contributed by atoms with E-state index in [1.54, 1.807) is 0 Å². The second-order valence-corrected chi connectivity index (χ2v) is 4.00. The van der Waals surface area contributed by atoms with Crippen LogP contribution in [0.2, 0.25) is 0 Å². The molecular weight excluding hydrogens is 206 g/mol. The van der Waals surface area contributed by atoms with Gasteiger partial charge in [-0.1, -0.05) is 12.8 Å². The smallest absolute Gasteiger partial charge is 0.345 e. The molecule has 1 N–H and O–H groups in total. The summed E-state index contributed by atoms with van der Waals surface area (Å²) in [5, 5.41) is 8.67. The minimum absolute atomic E-state index is 0.00463. The lowest BCUT2D eigenvalue weighted by Crippen LogP contribution is -2.26. The van der Waals surface area contributed by atoms with E-state index in [0.717, 1.165) is 25.7 Å². The summed E-state index contributed by atoms with van der Waals surface area (Å²) in [5.41, 5.74) is 0. The van der Waals surface area contributed by atoms with E-state index in [1.165, 1.54) is 0 Å². The molecule has 1 aliphatic carbocycles. The second kappa shape index (κ2) is 6.00. The van der Waals surface area contributed by atoms with Gasteiger partial charge in [0.2, 0.25) is 0 Å². The van der Waals surface area contributed by atoms with Crippen LogP contribution in [0.4, 0.5) is 8.78 Å². The largest absolute Gasteiger partial charge is 0.481 e. The Morgan fingerprint density at radius 2 is 1.93 bits per heavy atom. The van der Waals surface area contributed by atoms with E-state index >= 15 is 0 Å². The Kier molecular flexibility index (Phi) is 4.94. The van der Waals surface area contributed by atoms with Gasteiger partial charge < -0.3 is 9.84 Å². The molecule has 1 rings (SSSR count). The maximum absolute atomic E-state index is 11.8. The predicted octanol–water partition coefficient (Wildman–Crippen LogP) is 2.51. The number of hydrogen-bond acceptors (Lipinski definition) is 2. The molecule has 15 heavy (non-hydrogen) atoms. The lowest BCUT2D eigenvalue weighted by molar-refractivity contribution is -0.148. The van der Waals surface area contributed by atoms with Crippen LogP contribution >= 0.6 is 0 Å². The summed E-state index contributed by atoms with van der Waals surface area (Å²) in [6, 6.07) is 0. The standard InChI is InChI=1S/C10H16F2O3/c11-10(12)15-6-8-4-2-1-3-7(8)5-9(13)14/h7-8,10H,1-6H2,(H,13,14). The Balaban J connectivity index is 2.39. The van der Waals surface area contributed by atoms with E-state index in [2.05, 4.69) is 4.74 Å². The summed E-state index contributed by atoms with van der Waals surface area (Å²) < 4.78 is 27.9. The molecule has 3 nitrogen and oxygen atoms in total. The van der Waals surface area contributed by atoms with Crippen molar-refractivity contribution >= 4 is 5.97 Å². The number of carboxylic acids is 1. The zero-order chi connectivity index (χ0) is 11.3. The van der Waals surface area contributed by atoms with Crippen LogP contribution in [0.25, 0.3) is 0 Å². The highest BCUT2D eigenvalue weighted by molar-refractivity contribution is 5.67. The zero-order valence-corrected chi connectivity index (χ0v) is 8.49. The molecule has 0 aromatic rings. The van der Waals surface area contributed by atoms with Gasteiger partial charge in [-0.3, -0.25) is 4.79 Å². The Bertz CT molecular complexity index is 209. The van der Waals surface area contributed by atoms with Crippen LogP contribution in [0.3, 0.4) is 0 Å². The number of aliphatic carboxylic acids is 1. The van der Waals surface area contributed by atoms with Crippen molar-refractivity contribution in [3.8, 4) is 0 Å². The number of rotatable bonds is 5. The average Bonchev–Trinajstić information content (AvgIpc) is 2.15. The minimum atomic E-state index is -2.75. The monoisotopic (exact) mass is 222 g/mol. The summed E-state index contributed by atoms with van der Waals surface area (Å²) in [7, 11) is 0. The molecule has 1 saturated carbocycles. The molecule has 0 radical (unpaired) electrons. The first kappa shape index (κ1) is 12.4. The SMILES string of the molecule is O=C(O)CC1CCCCC1COC(F)F. The van der Waals surface area contributed by atoms with E-state index in [4.69, 9.17) is 5.11 Å². The molecule has 2 unspecified atom stereocenters. The number of halogens is 2. The van der Waals surface area contributed by atoms with Crippen molar-refractivity contribution in [3.05, 3.63) is 0 Å². The first-order valence-corrected chi connectivity index (χ1v) is 5.21. The molecule has 0 aromatic carbocycles. The third-order valence-corrected chi connectivity index (χ3v) is 2.94. The highest BCUT2D eigenvalue weighted by Crippen LogP contribution is 2.32. The summed E-state index contributed by atoms with van der Waals surface area (Å²) >= 11 is 0. The van der Waals surface area contributed by atoms with E-state index < -0.39 is 12.6 Å². The van der Waals surface area contributed by atoms with Crippen LogP contribution < -0.4 is 0 Å². The van der Waals surface area contributed by atoms with Gasteiger partial charge in [0, 0.05) is 6.42 Å². The lowest BCUT2D eigenvalue weighted by Gasteiger charge is -2.30. The number of alkyl halides is 2. The van der Waals surface area contributed by atoms with Gasteiger partial charge in [0.15, 0.2) is 0 Å². The maximum atomic E-state index is 11.8. The maximum Gasteiger partial charge on any atom is 0.345 e. The Hall–Kier alpha value is -0.710. The summed E-state index contributed by atoms with van der Waals surface area (Å²) in [6.45, 7) is -2.77. The fourth-order valence-electron chi connectivity index (χ4n) is 2.19. The molecule has 2 atom stereocenters. The van der Waals surface area contributed by atoms with Gasteiger partial charge in [-0.15, -0.1) is 0 Å². The molecule has 0 spiro atoms. The number of hydrogen-bond donors (Lipinski definition) is 1. The van der Waals surface area contributed by atoms with Crippen molar-refractivity contribution in [2.24, 2.45) is 11.8 Å². The van der Waals surface area contributed by atoms with Gasteiger partial charge in [-0.2, -0.15) is 8.78 Å². The number of carbonyl (C=O) groups is 1. The fraction of sp³-hybridized carbons (Fsp3) is 0.900. The molecule has 5 heteroatoms. The summed E-state index contributed by atoms with van der Waals surface area (Å²) in [6.07, 6.45) is 3.64. The van der Waals surface area contributed by atoms with Crippen molar-refractivity contribution in [2.45, 2.75) is 38.7 Å². The van der Waals surface area contributed by atoms with E-state index in [9.17, 15) is 13.6 Å². The number of ether oxygens (including phenoxy) is 1. The molecule has 0 aliphatic heterocycles. The molecule has 0 bridgehead atoms. The van der Waals surface area contributed by atoms with Crippen molar-refractivity contribution in [1.29, 1.82) is 0 Å². The van der Waals surface area contributed by atoms with Crippen LogP contribution in [-0.4, -0.2) is 24.3 Å². The van der Waals surface area contributed by atoms with Gasteiger partial charge in [-0.25, -0.2) is 0 Å². The normalized spacial score (nSPS) is 26.9. The van der Waals surface area contributed by atoms with Gasteiger partial charge in [0.25, 0.3) is 0 Å². The first-order chi connectivity index (χ1) is 7.09. The minimum Gasteiger partial charge on any atom is -0.481 e. The van der Waals surface area contributed by atoms with Crippen molar-refractivity contribution in [1.82, 2.24) is 0 Å². The third-order valence-electron chi connectivity index (χ3n) is 2.94. The molecule has 1 fully saturated rings. The molecule has 0 heterocycles. The fourth-order valence-corrected chi connectivity index (χ4v) is 2.19. The van der Waals surface area contributed by atoms with Crippen LogP contribution in [0.1, 0.15) is 32.1 Å². The molecule has 0 aromatic heterocycles. The lowest BCUT2D eigenvalue weighted by atomic mass is 9.78. The number of carboxylic acid groups (broad SMARTS) is 1. The Morgan fingerprint density at radius 3 is 2.47 bits per heavy atom. The average molecular weight is 222 g/mol. The Labute approximate surface area is 87.4 Å². The van der Waals surface area contributed by atoms with Crippen LogP contribution in [0.5, 0.6) is 0 Å². The quantitative estimate of drug-likeness (QED) is 0.777. The van der Waals surface area contributed by atoms with Crippen molar-refractivity contribution < 1.29 is 23.4 Å². The molecule has 1 aliphatic rings. The molecule has 88 valence electrons. The highest BCUT2D eigenvalue weighted by atomic mass is 19.3. The summed E-state index contributed by atoms with van der Waals surface area (Å²) in [5.74, 6) is -0.886. The molecule has 0 amide bonds. The van der Waals surface area contributed by atoms with Gasteiger partial charge >= 0.3 is 12.6 Å². The van der Waals surface area contributed by atoms with Gasteiger partial charge in [-0.05, 0) is 24.7 Å². The third kappa shape index (κ3) is 4.55. The second-order valence-electron chi connectivity index (χ2n) is 4.00. The van der Waals surface area contributed by atoms with Gasteiger partial charge in [0.05, 0.1) is 6.61 Å². The van der Waals surface area contributed by atoms with E-state index in [0.29, 0.717) is 0 Å². The van der Waals surface area contributed by atoms with Crippen LogP contribution in [0, 0.1) is 11.8 Å². The van der Waals surface area contributed by atoms with Crippen LogP contribution in [0.15, 0.2) is 0 Å². The molecule has 0 saturated heterocycles. The topological polar surface area (TPSA) is 46.5 Å². The zero-order valence-electron chi connectivity index (χ0n) is 8.49. The highest BCUT2D eigenvalue weighted by Gasteiger charge is 2.27. The van der Waals surface area contributed by atoms with Gasteiger partial charge in [0.1, 0.15) is 0 Å². The van der Waals surface area contributed by atoms with E-state index in [-0.39, 0.29) is 24.9 Å². The Morgan fingerprint density at radius 1 is 1.33 bits per heavy atom. The molecular formula is C10H16F2O3. The van der Waals surface area contributed by atoms with Crippen molar-refractivity contribution in [2.75, 3.05) is 6.61 Å². The van der Waals surface area contributed by atoms with Crippen LogP contribution in [-0.2, 0) is 9.53 Å². The summed E-state index contributed by atoms with van der Waals surface area (Å²) in [4.78, 5) is 10.6. The van der Waals surface area contributed by atoms with E-state index in [1.807, 2.05) is 0 Å².